The van der Waals surface area contributed by atoms with E-state index in [0.717, 1.165) is 21.1 Å². The van der Waals surface area contributed by atoms with Crippen molar-refractivity contribution in [3.05, 3.63) is 56.6 Å². The van der Waals surface area contributed by atoms with Crippen molar-refractivity contribution in [2.45, 2.75) is 6.92 Å². The average Bonchev–Trinajstić information content (AvgIpc) is 3.25. The maximum atomic E-state index is 12.4. The van der Waals surface area contributed by atoms with Gasteiger partial charge in [0, 0.05) is 4.88 Å². The van der Waals surface area contributed by atoms with Crippen LogP contribution in [0.5, 0.6) is 5.75 Å². The molecule has 0 bridgehead atoms. The topological polar surface area (TPSA) is 76.7 Å². The summed E-state index contributed by atoms with van der Waals surface area (Å²) in [6.07, 6.45) is 0. The maximum absolute atomic E-state index is 12.4. The first-order valence-corrected chi connectivity index (χ1v) is 9.63. The van der Waals surface area contributed by atoms with Gasteiger partial charge in [0.15, 0.2) is 0 Å². The largest absolute Gasteiger partial charge is 0.497 e. The van der Waals surface area contributed by atoms with Crippen molar-refractivity contribution in [3.63, 3.8) is 0 Å². The molecule has 5 nitrogen and oxygen atoms in total. The second-order valence-corrected chi connectivity index (χ2v) is 8.13. The molecule has 0 saturated carbocycles. The highest BCUT2D eigenvalue weighted by atomic mass is 35.5. The SMILES string of the molecule is COc1ccc(-c2cc(N)c(C(=O)N/N=C(/C)c3ccc(Cl)s3)s2)cc1. The van der Waals surface area contributed by atoms with Crippen LogP contribution in [0.25, 0.3) is 10.4 Å². The number of nitrogens with zero attached hydrogens (tertiary/aromatic N) is 1. The minimum atomic E-state index is -0.339. The first-order chi connectivity index (χ1) is 12.5. The third-order valence-electron chi connectivity index (χ3n) is 3.60. The van der Waals surface area contributed by atoms with Gasteiger partial charge in [-0.05, 0) is 55.0 Å². The second-order valence-electron chi connectivity index (χ2n) is 5.37. The quantitative estimate of drug-likeness (QED) is 0.469. The van der Waals surface area contributed by atoms with E-state index in [0.29, 0.717) is 20.6 Å². The number of carbonyl (C=O) groups excluding carboxylic acids is 1. The molecule has 2 aromatic heterocycles. The molecule has 1 amide bonds. The predicted octanol–water partition coefficient (Wildman–Crippen LogP) is 4.87. The van der Waals surface area contributed by atoms with Gasteiger partial charge in [0.05, 0.1) is 27.7 Å². The van der Waals surface area contributed by atoms with Gasteiger partial charge in [0.25, 0.3) is 5.91 Å². The molecule has 8 heteroatoms. The van der Waals surface area contributed by atoms with Crippen LogP contribution >= 0.6 is 34.3 Å². The van der Waals surface area contributed by atoms with Gasteiger partial charge < -0.3 is 10.5 Å². The van der Waals surface area contributed by atoms with Crippen LogP contribution in [-0.2, 0) is 0 Å². The molecule has 0 aliphatic rings. The summed E-state index contributed by atoms with van der Waals surface area (Å²) in [5, 5.41) is 4.13. The molecular weight excluding hydrogens is 390 g/mol. The summed E-state index contributed by atoms with van der Waals surface area (Å²) in [5.41, 5.74) is 10.6. The van der Waals surface area contributed by atoms with Crippen LogP contribution in [0.3, 0.4) is 0 Å². The Hall–Kier alpha value is -2.35. The summed E-state index contributed by atoms with van der Waals surface area (Å²) >= 11 is 8.64. The van der Waals surface area contributed by atoms with E-state index in [9.17, 15) is 4.79 Å². The number of hydrogen-bond donors (Lipinski definition) is 2. The molecule has 3 rings (SSSR count). The van der Waals surface area contributed by atoms with Crippen molar-refractivity contribution in [1.29, 1.82) is 0 Å². The molecule has 0 fully saturated rings. The Labute approximate surface area is 164 Å². The normalized spacial score (nSPS) is 11.4. The molecule has 0 spiro atoms. The summed E-state index contributed by atoms with van der Waals surface area (Å²) in [6.45, 7) is 1.81. The monoisotopic (exact) mass is 405 g/mol. The first-order valence-electron chi connectivity index (χ1n) is 7.62. The van der Waals surface area contributed by atoms with E-state index in [-0.39, 0.29) is 5.91 Å². The molecule has 2 heterocycles. The highest BCUT2D eigenvalue weighted by Crippen LogP contribution is 2.34. The van der Waals surface area contributed by atoms with Gasteiger partial charge in [-0.15, -0.1) is 22.7 Å². The Morgan fingerprint density at radius 1 is 1.19 bits per heavy atom. The Bertz CT molecular complexity index is 961. The lowest BCUT2D eigenvalue weighted by molar-refractivity contribution is 0.0959. The third kappa shape index (κ3) is 4.07. The number of halogens is 1. The standard InChI is InChI=1S/C18H16ClN3O2S2/c1-10(14-7-8-16(19)25-14)21-22-18(23)17-13(20)9-15(26-17)11-3-5-12(24-2)6-4-11/h3-9H,20H2,1-2H3,(H,22,23)/b21-10-. The van der Waals surface area contributed by atoms with Crippen LogP contribution in [0, 0.1) is 0 Å². The van der Waals surface area contributed by atoms with E-state index in [2.05, 4.69) is 10.5 Å². The van der Waals surface area contributed by atoms with Crippen molar-refractivity contribution in [2.75, 3.05) is 12.8 Å². The summed E-state index contributed by atoms with van der Waals surface area (Å²) in [5.74, 6) is 0.434. The second kappa shape index (κ2) is 7.90. The Balaban J connectivity index is 1.76. The summed E-state index contributed by atoms with van der Waals surface area (Å²) in [7, 11) is 1.62. The molecule has 3 N–H and O–H groups in total. The molecule has 0 saturated heterocycles. The van der Waals surface area contributed by atoms with Crippen LogP contribution in [0.15, 0.2) is 47.6 Å². The number of methoxy groups -OCH3 is 1. The van der Waals surface area contributed by atoms with Crippen LogP contribution < -0.4 is 15.9 Å². The number of nitrogens with two attached hydrogens (primary N) is 1. The molecule has 0 unspecified atom stereocenters. The van der Waals surface area contributed by atoms with Crippen molar-refractivity contribution in [2.24, 2.45) is 5.10 Å². The lowest BCUT2D eigenvalue weighted by Crippen LogP contribution is -2.19. The van der Waals surface area contributed by atoms with Gasteiger partial charge >= 0.3 is 0 Å². The average molecular weight is 406 g/mol. The fraction of sp³-hybridized carbons (Fsp3) is 0.111. The number of carbonyl (C=O) groups is 1. The van der Waals surface area contributed by atoms with E-state index in [1.165, 1.54) is 22.7 Å². The molecule has 26 heavy (non-hydrogen) atoms. The highest BCUT2D eigenvalue weighted by Gasteiger charge is 2.15. The number of benzene rings is 1. The van der Waals surface area contributed by atoms with Crippen LogP contribution in [0.2, 0.25) is 4.34 Å². The molecule has 0 aliphatic carbocycles. The fourth-order valence-electron chi connectivity index (χ4n) is 2.23. The van der Waals surface area contributed by atoms with Gasteiger partial charge in [0.1, 0.15) is 10.6 Å². The van der Waals surface area contributed by atoms with Gasteiger partial charge in [-0.2, -0.15) is 5.10 Å². The number of nitrogen functional groups attached to an aromatic ring is 1. The van der Waals surface area contributed by atoms with E-state index < -0.39 is 0 Å². The number of rotatable bonds is 5. The van der Waals surface area contributed by atoms with Crippen molar-refractivity contribution < 1.29 is 9.53 Å². The number of anilines is 1. The lowest BCUT2D eigenvalue weighted by Gasteiger charge is -2.01. The fourth-order valence-corrected chi connectivity index (χ4v) is 4.19. The number of amides is 1. The smallest absolute Gasteiger partial charge is 0.283 e. The third-order valence-corrected chi connectivity index (χ3v) is 6.14. The first kappa shape index (κ1) is 18.4. The summed E-state index contributed by atoms with van der Waals surface area (Å²) < 4.78 is 5.83. The van der Waals surface area contributed by atoms with E-state index in [1.54, 1.807) is 19.2 Å². The van der Waals surface area contributed by atoms with Crippen molar-refractivity contribution in [3.8, 4) is 16.2 Å². The zero-order valence-electron chi connectivity index (χ0n) is 14.1. The zero-order valence-corrected chi connectivity index (χ0v) is 16.5. The van der Waals surface area contributed by atoms with Crippen molar-refractivity contribution >= 4 is 51.6 Å². The van der Waals surface area contributed by atoms with Gasteiger partial charge in [0.2, 0.25) is 0 Å². The Morgan fingerprint density at radius 2 is 1.92 bits per heavy atom. The van der Waals surface area contributed by atoms with Crippen molar-refractivity contribution in [1.82, 2.24) is 5.43 Å². The van der Waals surface area contributed by atoms with Crippen LogP contribution in [-0.4, -0.2) is 18.7 Å². The minimum Gasteiger partial charge on any atom is -0.497 e. The highest BCUT2D eigenvalue weighted by molar-refractivity contribution is 7.18. The van der Waals surface area contributed by atoms with Crippen LogP contribution in [0.4, 0.5) is 5.69 Å². The number of thiophene rings is 2. The molecule has 1 aromatic carbocycles. The number of nitrogens with one attached hydrogen (secondary N) is 1. The number of ether oxygens (including phenoxy) is 1. The molecule has 0 aliphatic heterocycles. The molecule has 0 radical (unpaired) electrons. The zero-order chi connectivity index (χ0) is 18.7. The number of hydrazone groups is 1. The Kier molecular flexibility index (Phi) is 5.61. The molecule has 3 aromatic rings. The predicted molar refractivity (Wildman–Crippen MR) is 110 cm³/mol. The van der Waals surface area contributed by atoms with Crippen LogP contribution in [0.1, 0.15) is 21.5 Å². The molecule has 0 atom stereocenters. The Morgan fingerprint density at radius 3 is 2.54 bits per heavy atom. The van der Waals surface area contributed by atoms with Gasteiger partial charge in [-0.3, -0.25) is 4.79 Å². The van der Waals surface area contributed by atoms with Gasteiger partial charge in [-0.1, -0.05) is 11.6 Å². The minimum absolute atomic E-state index is 0.339. The van der Waals surface area contributed by atoms with Gasteiger partial charge in [-0.25, -0.2) is 5.43 Å². The maximum Gasteiger partial charge on any atom is 0.283 e. The van der Waals surface area contributed by atoms with E-state index in [4.69, 9.17) is 22.1 Å². The molecular formula is C18H16ClN3O2S2. The van der Waals surface area contributed by atoms with E-state index >= 15 is 0 Å². The summed E-state index contributed by atoms with van der Waals surface area (Å²) in [6, 6.07) is 13.0. The van der Waals surface area contributed by atoms with E-state index in [1.807, 2.05) is 37.3 Å². The number of hydrogen-bond acceptors (Lipinski definition) is 6. The summed E-state index contributed by atoms with van der Waals surface area (Å²) in [4.78, 5) is 14.6. The lowest BCUT2D eigenvalue weighted by atomic mass is 10.2. The molecule has 134 valence electrons.